The Morgan fingerprint density at radius 3 is 2.11 bits per heavy atom. The molecule has 0 fully saturated rings. The van der Waals surface area contributed by atoms with Crippen molar-refractivity contribution in [1.29, 1.82) is 0 Å². The molecule has 1 N–H and O–H groups in total. The van der Waals surface area contributed by atoms with E-state index in [1.165, 1.54) is 17.0 Å². The molecule has 0 saturated heterocycles. The van der Waals surface area contributed by atoms with Gasteiger partial charge < -0.3 is 10.2 Å². The summed E-state index contributed by atoms with van der Waals surface area (Å²) in [5.41, 5.74) is 1.98. The van der Waals surface area contributed by atoms with Crippen molar-refractivity contribution in [3.63, 3.8) is 0 Å². The number of amides is 2. The van der Waals surface area contributed by atoms with Crippen molar-refractivity contribution < 1.29 is 18.0 Å². The lowest BCUT2D eigenvalue weighted by Gasteiger charge is -2.32. The van der Waals surface area contributed by atoms with Crippen molar-refractivity contribution in [3.05, 3.63) is 96.1 Å². The Morgan fingerprint density at radius 2 is 1.49 bits per heavy atom. The molecule has 8 heteroatoms. The van der Waals surface area contributed by atoms with E-state index in [9.17, 15) is 18.0 Å². The van der Waals surface area contributed by atoms with Crippen molar-refractivity contribution in [2.75, 3.05) is 17.4 Å². The number of nitrogens with zero attached hydrogens (tertiary/aromatic N) is 2. The maximum Gasteiger partial charge on any atom is 0.264 e. The molecule has 0 spiro atoms. The normalized spacial score (nSPS) is 12.0. The van der Waals surface area contributed by atoms with Crippen LogP contribution in [0.5, 0.6) is 0 Å². The highest BCUT2D eigenvalue weighted by Crippen LogP contribution is 2.27. The van der Waals surface area contributed by atoms with Gasteiger partial charge in [-0.15, -0.1) is 0 Å². The van der Waals surface area contributed by atoms with Crippen LogP contribution in [0.2, 0.25) is 0 Å². The third-order valence-corrected chi connectivity index (χ3v) is 7.96. The number of unbranched alkanes of at least 4 members (excludes halogenated alkanes) is 1. The lowest BCUT2D eigenvalue weighted by atomic mass is 10.1. The number of aryl methyl sites for hydroxylation is 1. The number of rotatable bonds is 12. The first-order valence-electron chi connectivity index (χ1n) is 12.5. The van der Waals surface area contributed by atoms with E-state index >= 15 is 0 Å². The summed E-state index contributed by atoms with van der Waals surface area (Å²) >= 11 is 0. The quantitative estimate of drug-likeness (QED) is 0.355. The number of para-hydroxylation sites is 1. The third kappa shape index (κ3) is 7.20. The summed E-state index contributed by atoms with van der Waals surface area (Å²) in [6.07, 6.45) is 1.77. The molecule has 0 aliphatic heterocycles. The summed E-state index contributed by atoms with van der Waals surface area (Å²) in [5, 5.41) is 2.89. The van der Waals surface area contributed by atoms with Gasteiger partial charge in [-0.2, -0.15) is 0 Å². The number of anilines is 1. The van der Waals surface area contributed by atoms with Gasteiger partial charge in [0.15, 0.2) is 0 Å². The summed E-state index contributed by atoms with van der Waals surface area (Å²) in [4.78, 5) is 28.3. The summed E-state index contributed by atoms with van der Waals surface area (Å²) in [6, 6.07) is 23.7. The molecule has 0 bridgehead atoms. The van der Waals surface area contributed by atoms with Crippen molar-refractivity contribution >= 4 is 27.5 Å². The predicted octanol–water partition coefficient (Wildman–Crippen LogP) is 4.52. The van der Waals surface area contributed by atoms with Crippen LogP contribution in [0, 0.1) is 6.92 Å². The van der Waals surface area contributed by atoms with Crippen LogP contribution < -0.4 is 9.62 Å². The lowest BCUT2D eigenvalue weighted by Crippen LogP contribution is -2.51. The Kier molecular flexibility index (Phi) is 9.85. The number of hydrogen-bond donors (Lipinski definition) is 1. The first-order valence-corrected chi connectivity index (χ1v) is 13.9. The summed E-state index contributed by atoms with van der Waals surface area (Å²) < 4.78 is 28.6. The van der Waals surface area contributed by atoms with Gasteiger partial charge in [-0.1, -0.05) is 80.1 Å². The molecule has 37 heavy (non-hydrogen) atoms. The second kappa shape index (κ2) is 13.1. The van der Waals surface area contributed by atoms with Crippen LogP contribution in [0.4, 0.5) is 5.69 Å². The second-order valence-corrected chi connectivity index (χ2v) is 10.8. The molecule has 0 saturated carbocycles. The maximum absolute atomic E-state index is 13.8. The largest absolute Gasteiger partial charge is 0.354 e. The van der Waals surface area contributed by atoms with E-state index in [1.54, 1.807) is 50.2 Å². The van der Waals surface area contributed by atoms with Crippen LogP contribution in [0.1, 0.15) is 37.8 Å². The SMILES string of the molecule is CCCCNC(=O)[C@H](C)N(Cc1ccccc1)C(=O)CN(c1ccccc1C)S(=O)(=O)c1ccccc1. The number of carbonyl (C=O) groups excluding carboxylic acids is 2. The van der Waals surface area contributed by atoms with Gasteiger partial charge in [0.1, 0.15) is 12.6 Å². The minimum absolute atomic E-state index is 0.0889. The molecule has 2 amide bonds. The Balaban J connectivity index is 1.98. The molecular weight excluding hydrogens is 486 g/mol. The fourth-order valence-corrected chi connectivity index (χ4v) is 5.47. The molecule has 0 aliphatic carbocycles. The van der Waals surface area contributed by atoms with Crippen molar-refractivity contribution in [2.24, 2.45) is 0 Å². The minimum Gasteiger partial charge on any atom is -0.354 e. The molecule has 7 nitrogen and oxygen atoms in total. The highest BCUT2D eigenvalue weighted by molar-refractivity contribution is 7.92. The monoisotopic (exact) mass is 521 g/mol. The fourth-order valence-electron chi connectivity index (χ4n) is 3.98. The fraction of sp³-hybridized carbons (Fsp3) is 0.310. The van der Waals surface area contributed by atoms with Crippen molar-refractivity contribution in [1.82, 2.24) is 10.2 Å². The molecule has 196 valence electrons. The van der Waals surface area contributed by atoms with Gasteiger partial charge in [0.25, 0.3) is 10.0 Å². The summed E-state index contributed by atoms with van der Waals surface area (Å²) in [6.45, 7) is 5.76. The van der Waals surface area contributed by atoms with E-state index in [-0.39, 0.29) is 17.3 Å². The average Bonchev–Trinajstić information content (AvgIpc) is 2.91. The summed E-state index contributed by atoms with van der Waals surface area (Å²) in [5.74, 6) is -0.740. The second-order valence-electron chi connectivity index (χ2n) is 8.94. The van der Waals surface area contributed by atoms with Crippen LogP contribution in [0.3, 0.4) is 0 Å². The van der Waals surface area contributed by atoms with Crippen molar-refractivity contribution in [3.8, 4) is 0 Å². The molecule has 1 atom stereocenters. The van der Waals surface area contributed by atoms with Gasteiger partial charge in [0, 0.05) is 13.1 Å². The zero-order valence-electron chi connectivity index (χ0n) is 21.6. The topological polar surface area (TPSA) is 86.8 Å². The van der Waals surface area contributed by atoms with Crippen LogP contribution in [-0.2, 0) is 26.2 Å². The Bertz CT molecular complexity index is 1280. The Labute approximate surface area is 220 Å². The molecule has 3 rings (SSSR count). The van der Waals surface area contributed by atoms with Crippen LogP contribution in [0.15, 0.2) is 89.8 Å². The van der Waals surface area contributed by atoms with Gasteiger partial charge in [-0.25, -0.2) is 8.42 Å². The number of nitrogens with one attached hydrogen (secondary N) is 1. The number of hydrogen-bond acceptors (Lipinski definition) is 4. The molecule has 0 heterocycles. The number of carbonyl (C=O) groups is 2. The first kappa shape index (κ1) is 27.9. The zero-order chi connectivity index (χ0) is 26.8. The summed E-state index contributed by atoms with van der Waals surface area (Å²) in [7, 11) is -4.06. The molecule has 3 aromatic carbocycles. The van der Waals surface area contributed by atoms with Gasteiger partial charge in [0.2, 0.25) is 11.8 Å². The van der Waals surface area contributed by atoms with Gasteiger partial charge in [0.05, 0.1) is 10.6 Å². The Hall–Kier alpha value is -3.65. The smallest absolute Gasteiger partial charge is 0.264 e. The molecule has 0 aliphatic rings. The maximum atomic E-state index is 13.8. The lowest BCUT2D eigenvalue weighted by molar-refractivity contribution is -0.139. The van der Waals surface area contributed by atoms with E-state index in [1.807, 2.05) is 43.3 Å². The third-order valence-electron chi connectivity index (χ3n) is 6.19. The molecular formula is C29H35N3O4S. The number of sulfonamides is 1. The molecule has 0 aromatic heterocycles. The van der Waals surface area contributed by atoms with Crippen LogP contribution >= 0.6 is 0 Å². The van der Waals surface area contributed by atoms with Gasteiger partial charge in [-0.3, -0.25) is 13.9 Å². The van der Waals surface area contributed by atoms with E-state index < -0.39 is 28.5 Å². The minimum atomic E-state index is -4.06. The molecule has 0 radical (unpaired) electrons. The van der Waals surface area contributed by atoms with Crippen LogP contribution in [-0.4, -0.2) is 44.3 Å². The molecule has 0 unspecified atom stereocenters. The highest BCUT2D eigenvalue weighted by atomic mass is 32.2. The van der Waals surface area contributed by atoms with E-state index in [0.717, 1.165) is 28.3 Å². The zero-order valence-corrected chi connectivity index (χ0v) is 22.4. The highest BCUT2D eigenvalue weighted by Gasteiger charge is 2.32. The van der Waals surface area contributed by atoms with E-state index in [0.29, 0.717) is 12.2 Å². The van der Waals surface area contributed by atoms with E-state index in [4.69, 9.17) is 0 Å². The predicted molar refractivity (Wildman–Crippen MR) is 147 cm³/mol. The number of benzene rings is 3. The first-order chi connectivity index (χ1) is 17.8. The van der Waals surface area contributed by atoms with Crippen LogP contribution in [0.25, 0.3) is 0 Å². The van der Waals surface area contributed by atoms with Crippen molar-refractivity contribution in [2.45, 2.75) is 51.1 Å². The Morgan fingerprint density at radius 1 is 0.892 bits per heavy atom. The van der Waals surface area contributed by atoms with Gasteiger partial charge >= 0.3 is 0 Å². The van der Waals surface area contributed by atoms with Gasteiger partial charge in [-0.05, 0) is 49.6 Å². The molecule has 3 aromatic rings. The van der Waals surface area contributed by atoms with E-state index in [2.05, 4.69) is 5.32 Å². The standard InChI is InChI=1S/C29H35N3O4S/c1-4-5-20-30-29(34)24(3)31(21-25-15-8-6-9-16-25)28(33)22-32(27-19-13-12-14-23(27)2)37(35,36)26-17-10-7-11-18-26/h6-19,24H,4-5,20-22H2,1-3H3,(H,30,34)/t24-/m0/s1. The average molecular weight is 522 g/mol.